The van der Waals surface area contributed by atoms with Crippen molar-refractivity contribution in [3.05, 3.63) is 12.2 Å². The maximum absolute atomic E-state index is 11.3. The van der Waals surface area contributed by atoms with Crippen LogP contribution < -0.4 is 0 Å². The highest BCUT2D eigenvalue weighted by molar-refractivity contribution is 5.73. The first kappa shape index (κ1) is 7.84. The minimum absolute atomic E-state index is 0.0194. The predicted molar refractivity (Wildman–Crippen MR) is 45.5 cm³/mol. The maximum Gasteiger partial charge on any atom is 0.309 e. The van der Waals surface area contributed by atoms with Crippen LogP contribution in [-0.4, -0.2) is 13.1 Å². The van der Waals surface area contributed by atoms with Gasteiger partial charge in [-0.1, -0.05) is 12.2 Å². The third-order valence-electron chi connectivity index (χ3n) is 3.08. The number of esters is 1. The van der Waals surface area contributed by atoms with E-state index in [1.807, 2.05) is 0 Å². The summed E-state index contributed by atoms with van der Waals surface area (Å²) >= 11 is 0. The summed E-state index contributed by atoms with van der Waals surface area (Å²) in [5.74, 6) is 1.23. The maximum atomic E-state index is 11.3. The molecule has 3 aliphatic rings. The number of hydrogen-bond acceptors (Lipinski definition) is 2. The van der Waals surface area contributed by atoms with Crippen LogP contribution in [0.25, 0.3) is 0 Å². The van der Waals surface area contributed by atoms with Crippen LogP contribution in [0, 0.1) is 17.8 Å². The number of hydrogen-bond donors (Lipinski definition) is 0. The third-order valence-corrected chi connectivity index (χ3v) is 3.08. The Balaban J connectivity index is 2.11. The molecule has 2 heteroatoms. The lowest BCUT2D eigenvalue weighted by molar-refractivity contribution is -0.148. The predicted octanol–water partition coefficient (Wildman–Crippen LogP) is 1.76. The average Bonchev–Trinajstić information content (AvgIpc) is 2.18. The van der Waals surface area contributed by atoms with Crippen molar-refractivity contribution in [2.24, 2.45) is 17.8 Å². The molecule has 1 saturated carbocycles. The highest BCUT2D eigenvalue weighted by atomic mass is 16.5. The van der Waals surface area contributed by atoms with E-state index in [1.54, 1.807) is 0 Å². The van der Waals surface area contributed by atoms with Crippen molar-refractivity contribution in [2.75, 3.05) is 7.11 Å². The molecule has 0 aliphatic heterocycles. The van der Waals surface area contributed by atoms with Gasteiger partial charge >= 0.3 is 5.97 Å². The fourth-order valence-electron chi connectivity index (χ4n) is 2.35. The number of carbonyl (C=O) groups is 1. The van der Waals surface area contributed by atoms with E-state index in [0.717, 1.165) is 6.42 Å². The lowest BCUT2D eigenvalue weighted by Crippen LogP contribution is -2.33. The van der Waals surface area contributed by atoms with E-state index in [1.165, 1.54) is 20.0 Å². The molecule has 0 saturated heterocycles. The average molecular weight is 166 g/mol. The molecule has 0 aromatic heterocycles. The molecular formula is C10H14O2. The van der Waals surface area contributed by atoms with Gasteiger partial charge in [-0.05, 0) is 31.1 Å². The first-order chi connectivity index (χ1) is 5.81. The van der Waals surface area contributed by atoms with Crippen molar-refractivity contribution >= 4 is 5.97 Å². The second kappa shape index (κ2) is 2.92. The molecule has 1 fully saturated rings. The van der Waals surface area contributed by atoms with Gasteiger partial charge in [0.05, 0.1) is 13.0 Å². The van der Waals surface area contributed by atoms with Crippen LogP contribution in [0.1, 0.15) is 19.3 Å². The molecule has 2 nitrogen and oxygen atoms in total. The molecular weight excluding hydrogens is 152 g/mol. The van der Waals surface area contributed by atoms with Crippen LogP contribution in [0.15, 0.2) is 12.2 Å². The van der Waals surface area contributed by atoms with Crippen LogP contribution in [-0.2, 0) is 9.53 Å². The van der Waals surface area contributed by atoms with Crippen LogP contribution in [0.3, 0.4) is 0 Å². The van der Waals surface area contributed by atoms with Crippen molar-refractivity contribution in [3.63, 3.8) is 0 Å². The van der Waals surface area contributed by atoms with Gasteiger partial charge in [-0.3, -0.25) is 4.79 Å². The summed E-state index contributed by atoms with van der Waals surface area (Å²) in [5, 5.41) is 0. The van der Waals surface area contributed by atoms with E-state index < -0.39 is 0 Å². The Morgan fingerprint density at radius 1 is 1.42 bits per heavy atom. The van der Waals surface area contributed by atoms with Gasteiger partial charge in [-0.2, -0.15) is 0 Å². The summed E-state index contributed by atoms with van der Waals surface area (Å²) < 4.78 is 4.77. The van der Waals surface area contributed by atoms with Crippen molar-refractivity contribution in [2.45, 2.75) is 19.3 Å². The van der Waals surface area contributed by atoms with Crippen LogP contribution >= 0.6 is 0 Å². The van der Waals surface area contributed by atoms with E-state index >= 15 is 0 Å². The molecule has 0 aromatic carbocycles. The van der Waals surface area contributed by atoms with Crippen LogP contribution in [0.5, 0.6) is 0 Å². The number of carbonyl (C=O) groups excluding carboxylic acids is 1. The monoisotopic (exact) mass is 166 g/mol. The number of allylic oxidation sites excluding steroid dienone is 2. The van der Waals surface area contributed by atoms with Crippen LogP contribution in [0.2, 0.25) is 0 Å². The summed E-state index contributed by atoms with van der Waals surface area (Å²) in [6.07, 6.45) is 7.89. The zero-order valence-electron chi connectivity index (χ0n) is 7.32. The van der Waals surface area contributed by atoms with Gasteiger partial charge in [0.2, 0.25) is 0 Å². The second-order valence-corrected chi connectivity index (χ2v) is 3.75. The van der Waals surface area contributed by atoms with E-state index in [9.17, 15) is 4.79 Å². The first-order valence-corrected chi connectivity index (χ1v) is 4.57. The second-order valence-electron chi connectivity index (χ2n) is 3.75. The van der Waals surface area contributed by atoms with E-state index in [2.05, 4.69) is 12.2 Å². The van der Waals surface area contributed by atoms with E-state index in [4.69, 9.17) is 4.74 Å². The number of fused-ring (bicyclic) bond motifs is 2. The minimum Gasteiger partial charge on any atom is -0.469 e. The van der Waals surface area contributed by atoms with Gasteiger partial charge in [0.1, 0.15) is 0 Å². The van der Waals surface area contributed by atoms with Gasteiger partial charge in [-0.25, -0.2) is 0 Å². The molecule has 0 heterocycles. The molecule has 2 bridgehead atoms. The van der Waals surface area contributed by atoms with E-state index in [0.29, 0.717) is 11.8 Å². The highest BCUT2D eigenvalue weighted by Gasteiger charge is 2.36. The molecule has 0 spiro atoms. The Morgan fingerprint density at radius 3 is 2.67 bits per heavy atom. The lowest BCUT2D eigenvalue weighted by atomic mass is 9.69. The Hall–Kier alpha value is -0.790. The number of ether oxygens (including phenoxy) is 1. The summed E-state index contributed by atoms with van der Waals surface area (Å²) in [4.78, 5) is 11.3. The van der Waals surface area contributed by atoms with Crippen molar-refractivity contribution < 1.29 is 9.53 Å². The zero-order chi connectivity index (χ0) is 8.55. The Bertz CT molecular complexity index is 220. The zero-order valence-corrected chi connectivity index (χ0v) is 7.32. The van der Waals surface area contributed by atoms with Gasteiger partial charge in [-0.15, -0.1) is 0 Å². The van der Waals surface area contributed by atoms with Crippen molar-refractivity contribution in [3.8, 4) is 0 Å². The molecule has 0 amide bonds. The third kappa shape index (κ3) is 1.15. The van der Waals surface area contributed by atoms with Gasteiger partial charge < -0.3 is 4.74 Å². The normalized spacial score (nSPS) is 38.2. The lowest BCUT2D eigenvalue weighted by Gasteiger charge is -2.36. The highest BCUT2D eigenvalue weighted by Crippen LogP contribution is 2.40. The fraction of sp³-hybridized carbons (Fsp3) is 0.700. The van der Waals surface area contributed by atoms with Gasteiger partial charge in [0.15, 0.2) is 0 Å². The molecule has 3 atom stereocenters. The molecule has 0 aromatic rings. The van der Waals surface area contributed by atoms with Crippen molar-refractivity contribution in [1.29, 1.82) is 0 Å². The summed E-state index contributed by atoms with van der Waals surface area (Å²) in [6.45, 7) is 0. The largest absolute Gasteiger partial charge is 0.469 e. The molecule has 0 N–H and O–H groups in total. The molecule has 0 unspecified atom stereocenters. The number of rotatable bonds is 1. The Labute approximate surface area is 72.6 Å². The molecule has 0 radical (unpaired) electrons. The standard InChI is InChI=1S/C10H14O2/c1-12-10(11)9-6-7-2-4-8(9)5-3-7/h2,4,7-9H,3,5-6H2,1H3/t7-,8+,9-/m1/s1. The quantitative estimate of drug-likeness (QED) is 0.438. The Morgan fingerprint density at radius 2 is 2.25 bits per heavy atom. The topological polar surface area (TPSA) is 26.3 Å². The number of methoxy groups -OCH3 is 1. The first-order valence-electron chi connectivity index (χ1n) is 4.57. The summed E-state index contributed by atoms with van der Waals surface area (Å²) in [7, 11) is 1.48. The minimum atomic E-state index is -0.0194. The summed E-state index contributed by atoms with van der Waals surface area (Å²) in [6, 6.07) is 0. The van der Waals surface area contributed by atoms with Gasteiger partial charge in [0.25, 0.3) is 0 Å². The summed E-state index contributed by atoms with van der Waals surface area (Å²) in [5.41, 5.74) is 0. The smallest absolute Gasteiger partial charge is 0.309 e. The molecule has 3 aliphatic carbocycles. The molecule has 3 rings (SSSR count). The SMILES string of the molecule is COC(=O)[C@@H]1C[C@@H]2C=C[C@H]1CC2. The van der Waals surface area contributed by atoms with E-state index in [-0.39, 0.29) is 11.9 Å². The molecule has 66 valence electrons. The fourth-order valence-corrected chi connectivity index (χ4v) is 2.35. The van der Waals surface area contributed by atoms with Crippen molar-refractivity contribution in [1.82, 2.24) is 0 Å². The molecule has 12 heavy (non-hydrogen) atoms. The Kier molecular flexibility index (Phi) is 1.91. The van der Waals surface area contributed by atoms with Gasteiger partial charge in [0, 0.05) is 0 Å². The van der Waals surface area contributed by atoms with Crippen LogP contribution in [0.4, 0.5) is 0 Å².